The van der Waals surface area contributed by atoms with Crippen molar-refractivity contribution in [2.75, 3.05) is 0 Å². The second-order valence-electron chi connectivity index (χ2n) is 1.24. The van der Waals surface area contributed by atoms with E-state index in [-0.39, 0.29) is 36.5 Å². The Morgan fingerprint density at radius 2 is 2.30 bits per heavy atom. The number of rotatable bonds is 0. The molecule has 0 aliphatic carbocycles. The molecule has 46 valence electrons. The molecule has 0 fully saturated rings. The molecule has 0 aliphatic heterocycles. The van der Waals surface area contributed by atoms with Gasteiger partial charge in [-0.1, -0.05) is 0 Å². The summed E-state index contributed by atoms with van der Waals surface area (Å²) in [6.07, 6.45) is 1.56. The van der Waals surface area contributed by atoms with Gasteiger partial charge in [-0.2, -0.15) is 6.07 Å². The molecule has 0 saturated heterocycles. The number of pyridine rings is 1. The van der Waals surface area contributed by atoms with E-state index in [4.69, 9.17) is 5.26 Å². The van der Waals surface area contributed by atoms with Gasteiger partial charge in [-0.25, -0.2) is 0 Å². The van der Waals surface area contributed by atoms with Crippen LogP contribution < -0.4 is 17.0 Å². The zero-order chi connectivity index (χ0) is 5.82. The molecule has 0 amide bonds. The van der Waals surface area contributed by atoms with Crippen LogP contribution in [0.5, 0.6) is 0 Å². The van der Waals surface area contributed by atoms with E-state index in [1.165, 1.54) is 0 Å². The minimum absolute atomic E-state index is 0. The third kappa shape index (κ3) is 3.71. The van der Waals surface area contributed by atoms with Crippen LogP contribution in [0.1, 0.15) is 5.69 Å². The van der Waals surface area contributed by atoms with Crippen molar-refractivity contribution >= 4 is 0 Å². The molecule has 4 heteroatoms. The third-order valence-electron chi connectivity index (χ3n) is 0.712. The molecule has 0 N–H and O–H groups in total. The van der Waals surface area contributed by atoms with Gasteiger partial charge >= 0.3 is 19.5 Å². The summed E-state index contributed by atoms with van der Waals surface area (Å²) in [5.74, 6) is 0. The molecule has 1 aromatic heterocycles. The van der Waals surface area contributed by atoms with Gasteiger partial charge in [0.25, 0.3) is 0 Å². The van der Waals surface area contributed by atoms with Crippen molar-refractivity contribution < 1.29 is 36.5 Å². The number of aromatic nitrogens is 1. The zero-order valence-electron chi connectivity index (χ0n) is 5.21. The summed E-state index contributed by atoms with van der Waals surface area (Å²) in [6, 6.07) is 7.89. The van der Waals surface area contributed by atoms with E-state index in [0.717, 1.165) is 0 Å². The minimum Gasteiger partial charge on any atom is -1.00 e. The van der Waals surface area contributed by atoms with Gasteiger partial charge in [0.2, 0.25) is 0 Å². The van der Waals surface area contributed by atoms with Crippen LogP contribution in [0.4, 0.5) is 0 Å². The van der Waals surface area contributed by atoms with E-state index in [1.807, 2.05) is 6.07 Å². The first kappa shape index (κ1) is 12.4. The topological polar surface area (TPSA) is 36.7 Å². The molecule has 0 saturated carbocycles. The summed E-state index contributed by atoms with van der Waals surface area (Å²) >= 11 is 0. The van der Waals surface area contributed by atoms with Crippen molar-refractivity contribution in [2.45, 2.75) is 0 Å². The Bertz CT molecular complexity index is 207. The Hall–Kier alpha value is -0.257. The second kappa shape index (κ2) is 6.86. The molecule has 1 heterocycles. The summed E-state index contributed by atoms with van der Waals surface area (Å²) in [4.78, 5) is 3.68. The van der Waals surface area contributed by atoms with Crippen molar-refractivity contribution in [2.24, 2.45) is 0 Å². The van der Waals surface area contributed by atoms with E-state index >= 15 is 0 Å². The quantitative estimate of drug-likeness (QED) is 0.384. The van der Waals surface area contributed by atoms with Crippen LogP contribution in [0.15, 0.2) is 18.3 Å². The van der Waals surface area contributed by atoms with Crippen molar-refractivity contribution in [1.29, 1.82) is 5.26 Å². The third-order valence-corrected chi connectivity index (χ3v) is 0.712. The van der Waals surface area contributed by atoms with Gasteiger partial charge in [0.15, 0.2) is 0 Å². The average molecular weight is 248 g/mol. The fraction of sp³-hybridized carbons (Fsp3) is 0. The fourth-order valence-electron chi connectivity index (χ4n) is 0.386. The number of hydrogen-bond acceptors (Lipinski definition) is 2. The summed E-state index contributed by atoms with van der Waals surface area (Å²) in [7, 11) is 0. The Kier molecular flexibility index (Phi) is 8.52. The number of nitriles is 1. The SMILES string of the molecule is N#Cc1[c-]cccn1.[Br-].[Zn+2]. The molecular formula is C6H3BrN2Zn. The molecule has 0 aromatic carbocycles. The molecule has 0 unspecified atom stereocenters. The Morgan fingerprint density at radius 3 is 2.60 bits per heavy atom. The maximum atomic E-state index is 8.19. The number of nitrogens with zero attached hydrogens (tertiary/aromatic N) is 2. The van der Waals surface area contributed by atoms with Crippen molar-refractivity contribution in [3.05, 3.63) is 30.1 Å². The first-order valence-corrected chi connectivity index (χ1v) is 2.16. The smallest absolute Gasteiger partial charge is 1.00 e. The minimum atomic E-state index is 0. The first-order chi connectivity index (χ1) is 3.93. The molecule has 0 spiro atoms. The molecule has 10 heavy (non-hydrogen) atoms. The van der Waals surface area contributed by atoms with Gasteiger partial charge in [0, 0.05) is 5.69 Å². The van der Waals surface area contributed by atoms with Gasteiger partial charge in [0.05, 0.1) is 0 Å². The first-order valence-electron chi connectivity index (χ1n) is 2.16. The molecule has 0 aliphatic rings. The summed E-state index contributed by atoms with van der Waals surface area (Å²) in [6.45, 7) is 0. The maximum Gasteiger partial charge on any atom is 2.00 e. The molecule has 1 aromatic rings. The van der Waals surface area contributed by atoms with Crippen molar-refractivity contribution in [3.8, 4) is 6.07 Å². The van der Waals surface area contributed by atoms with Crippen molar-refractivity contribution in [3.63, 3.8) is 0 Å². The summed E-state index contributed by atoms with van der Waals surface area (Å²) in [5, 5.41) is 8.19. The van der Waals surface area contributed by atoms with Crippen LogP contribution in [0.25, 0.3) is 0 Å². The zero-order valence-corrected chi connectivity index (χ0v) is 9.76. The fourth-order valence-corrected chi connectivity index (χ4v) is 0.386. The molecule has 0 bridgehead atoms. The molecule has 1 rings (SSSR count). The van der Waals surface area contributed by atoms with E-state index in [1.54, 1.807) is 18.3 Å². The van der Waals surface area contributed by atoms with Gasteiger partial charge in [-0.3, -0.25) is 10.2 Å². The predicted molar refractivity (Wildman–Crippen MR) is 27.8 cm³/mol. The van der Waals surface area contributed by atoms with E-state index in [2.05, 4.69) is 11.1 Å². The standard InChI is InChI=1S/C6H3N2.BrH.Zn/c7-5-6-3-1-2-4-8-6;;/h1-2,4H;1H;/q-1;;+2/p-1. The molecule has 0 radical (unpaired) electrons. The van der Waals surface area contributed by atoms with Crippen LogP contribution in [-0.2, 0) is 19.5 Å². The molecule has 2 nitrogen and oxygen atoms in total. The van der Waals surface area contributed by atoms with E-state index in [9.17, 15) is 0 Å². The van der Waals surface area contributed by atoms with Gasteiger partial charge in [-0.15, -0.1) is 12.1 Å². The van der Waals surface area contributed by atoms with E-state index in [0.29, 0.717) is 5.69 Å². The van der Waals surface area contributed by atoms with Gasteiger partial charge in [0.1, 0.15) is 0 Å². The maximum absolute atomic E-state index is 8.19. The normalized spacial score (nSPS) is 6.30. The molecular weight excluding hydrogens is 245 g/mol. The van der Waals surface area contributed by atoms with Crippen LogP contribution in [0, 0.1) is 17.4 Å². The Morgan fingerprint density at radius 1 is 1.60 bits per heavy atom. The number of halogens is 1. The Balaban J connectivity index is 0. The second-order valence-corrected chi connectivity index (χ2v) is 1.24. The monoisotopic (exact) mass is 246 g/mol. The largest absolute Gasteiger partial charge is 2.00 e. The van der Waals surface area contributed by atoms with Gasteiger partial charge in [-0.05, 0) is 12.3 Å². The summed E-state index contributed by atoms with van der Waals surface area (Å²) in [5.41, 5.74) is 0.340. The Labute approximate surface area is 82.8 Å². The predicted octanol–water partition coefficient (Wildman–Crippen LogP) is -2.25. The van der Waals surface area contributed by atoms with Crippen LogP contribution in [-0.4, -0.2) is 4.98 Å². The van der Waals surface area contributed by atoms with Crippen LogP contribution in [0.3, 0.4) is 0 Å². The summed E-state index contributed by atoms with van der Waals surface area (Å²) < 4.78 is 0. The van der Waals surface area contributed by atoms with Crippen LogP contribution in [0.2, 0.25) is 0 Å². The van der Waals surface area contributed by atoms with Crippen LogP contribution >= 0.6 is 0 Å². The number of hydrogen-bond donors (Lipinski definition) is 0. The van der Waals surface area contributed by atoms with E-state index < -0.39 is 0 Å². The van der Waals surface area contributed by atoms with Gasteiger partial charge < -0.3 is 17.0 Å². The molecule has 0 atom stereocenters. The average Bonchev–Trinajstić information content (AvgIpc) is 1.90. The van der Waals surface area contributed by atoms with Crippen molar-refractivity contribution in [1.82, 2.24) is 4.98 Å².